The Bertz CT molecular complexity index is 599. The second-order valence-corrected chi connectivity index (χ2v) is 4.86. The smallest absolute Gasteiger partial charge is 0.270 e. The van der Waals surface area contributed by atoms with Crippen molar-refractivity contribution < 1.29 is 9.90 Å². The molecule has 1 atom stereocenters. The summed E-state index contributed by atoms with van der Waals surface area (Å²) >= 11 is 5.82. The molecule has 1 amide bonds. The molecule has 20 heavy (non-hydrogen) atoms. The Balaban J connectivity index is 2.14. The number of aliphatic hydroxyl groups excluding tert-OH is 1. The average molecular weight is 291 g/mol. The van der Waals surface area contributed by atoms with Crippen LogP contribution in [0, 0.1) is 6.92 Å². The van der Waals surface area contributed by atoms with Crippen LogP contribution in [0.25, 0.3) is 0 Å². The summed E-state index contributed by atoms with van der Waals surface area (Å²) in [6.07, 6.45) is 0. The van der Waals surface area contributed by atoms with Crippen LogP contribution in [0.15, 0.2) is 42.5 Å². The van der Waals surface area contributed by atoms with Gasteiger partial charge in [-0.05, 0) is 36.8 Å². The van der Waals surface area contributed by atoms with E-state index < -0.39 is 6.04 Å². The number of hydrogen-bond donors (Lipinski definition) is 2. The fourth-order valence-corrected chi connectivity index (χ4v) is 1.96. The molecule has 1 heterocycles. The zero-order valence-corrected chi connectivity index (χ0v) is 11.8. The van der Waals surface area contributed by atoms with Gasteiger partial charge in [0.25, 0.3) is 5.91 Å². The van der Waals surface area contributed by atoms with Gasteiger partial charge in [0.1, 0.15) is 5.69 Å². The number of carbonyl (C=O) groups is 1. The van der Waals surface area contributed by atoms with Crippen LogP contribution in [-0.2, 0) is 0 Å². The molecule has 1 aromatic heterocycles. The minimum Gasteiger partial charge on any atom is -0.394 e. The summed E-state index contributed by atoms with van der Waals surface area (Å²) < 4.78 is 0. The van der Waals surface area contributed by atoms with Crippen molar-refractivity contribution in [3.8, 4) is 0 Å². The predicted molar refractivity (Wildman–Crippen MR) is 77.7 cm³/mol. The van der Waals surface area contributed by atoms with Gasteiger partial charge < -0.3 is 10.4 Å². The number of pyridine rings is 1. The van der Waals surface area contributed by atoms with Crippen molar-refractivity contribution in [2.75, 3.05) is 6.61 Å². The monoisotopic (exact) mass is 290 g/mol. The molecule has 1 aromatic carbocycles. The van der Waals surface area contributed by atoms with Crippen LogP contribution in [0.3, 0.4) is 0 Å². The van der Waals surface area contributed by atoms with Crippen molar-refractivity contribution in [1.82, 2.24) is 10.3 Å². The van der Waals surface area contributed by atoms with Crippen molar-refractivity contribution in [1.29, 1.82) is 0 Å². The van der Waals surface area contributed by atoms with Crippen molar-refractivity contribution in [3.63, 3.8) is 0 Å². The number of halogens is 1. The molecule has 2 rings (SSSR count). The van der Waals surface area contributed by atoms with Gasteiger partial charge in [-0.1, -0.05) is 29.8 Å². The van der Waals surface area contributed by atoms with Gasteiger partial charge in [-0.3, -0.25) is 4.79 Å². The van der Waals surface area contributed by atoms with Gasteiger partial charge in [-0.15, -0.1) is 0 Å². The lowest BCUT2D eigenvalue weighted by Crippen LogP contribution is -2.31. The third kappa shape index (κ3) is 3.56. The van der Waals surface area contributed by atoms with Crippen LogP contribution >= 0.6 is 11.6 Å². The maximum atomic E-state index is 12.1. The van der Waals surface area contributed by atoms with E-state index in [9.17, 15) is 9.90 Å². The summed E-state index contributed by atoms with van der Waals surface area (Å²) in [5, 5.41) is 12.8. The first-order chi connectivity index (χ1) is 9.60. The van der Waals surface area contributed by atoms with E-state index in [-0.39, 0.29) is 12.5 Å². The molecule has 104 valence electrons. The molecule has 0 radical (unpaired) electrons. The van der Waals surface area contributed by atoms with Gasteiger partial charge >= 0.3 is 0 Å². The first-order valence-electron chi connectivity index (χ1n) is 6.21. The Morgan fingerprint density at radius 3 is 2.60 bits per heavy atom. The number of benzene rings is 1. The van der Waals surface area contributed by atoms with E-state index in [0.29, 0.717) is 10.7 Å². The third-order valence-electron chi connectivity index (χ3n) is 2.88. The largest absolute Gasteiger partial charge is 0.394 e. The van der Waals surface area contributed by atoms with Gasteiger partial charge in [-0.25, -0.2) is 4.98 Å². The molecule has 1 unspecified atom stereocenters. The Hall–Kier alpha value is -1.91. The Morgan fingerprint density at radius 2 is 2.00 bits per heavy atom. The van der Waals surface area contributed by atoms with Crippen LogP contribution < -0.4 is 5.32 Å². The Morgan fingerprint density at radius 1 is 1.30 bits per heavy atom. The summed E-state index contributed by atoms with van der Waals surface area (Å²) in [6, 6.07) is 11.7. The minimum atomic E-state index is -0.484. The molecule has 0 aliphatic carbocycles. The zero-order valence-electron chi connectivity index (χ0n) is 11.0. The highest BCUT2D eigenvalue weighted by Gasteiger charge is 2.15. The van der Waals surface area contributed by atoms with Crippen molar-refractivity contribution >= 4 is 17.5 Å². The number of hydrogen-bond acceptors (Lipinski definition) is 3. The van der Waals surface area contributed by atoms with E-state index >= 15 is 0 Å². The average Bonchev–Trinajstić information content (AvgIpc) is 2.45. The Labute approximate surface area is 122 Å². The maximum absolute atomic E-state index is 12.1. The van der Waals surface area contributed by atoms with E-state index in [1.807, 2.05) is 13.0 Å². The molecule has 0 aliphatic heterocycles. The third-order valence-corrected chi connectivity index (χ3v) is 3.13. The molecule has 0 spiro atoms. The highest BCUT2D eigenvalue weighted by molar-refractivity contribution is 6.30. The second-order valence-electron chi connectivity index (χ2n) is 4.42. The van der Waals surface area contributed by atoms with Crippen LogP contribution in [0.5, 0.6) is 0 Å². The summed E-state index contributed by atoms with van der Waals surface area (Å²) in [4.78, 5) is 16.2. The van der Waals surface area contributed by atoms with Gasteiger partial charge in [0.15, 0.2) is 0 Å². The van der Waals surface area contributed by atoms with Crippen LogP contribution in [-0.4, -0.2) is 22.6 Å². The fraction of sp³-hybridized carbons (Fsp3) is 0.200. The van der Waals surface area contributed by atoms with E-state index in [1.54, 1.807) is 36.4 Å². The number of aromatic nitrogens is 1. The molecular formula is C15H15ClN2O2. The van der Waals surface area contributed by atoms with Gasteiger partial charge in [0.05, 0.1) is 12.6 Å². The number of aryl methyl sites for hydroxylation is 1. The maximum Gasteiger partial charge on any atom is 0.270 e. The van der Waals surface area contributed by atoms with E-state index in [4.69, 9.17) is 11.6 Å². The lowest BCUT2D eigenvalue weighted by atomic mass is 10.1. The number of nitrogens with zero attached hydrogens (tertiary/aromatic N) is 1. The van der Waals surface area contributed by atoms with Crippen molar-refractivity contribution in [3.05, 3.63) is 64.4 Å². The standard InChI is InChI=1S/C15H15ClN2O2/c1-10-3-2-4-13(17-10)15(20)18-14(9-19)11-5-7-12(16)8-6-11/h2-8,14,19H,9H2,1H3,(H,18,20). The number of nitrogens with one attached hydrogen (secondary N) is 1. The number of carbonyl (C=O) groups excluding carboxylic acids is 1. The van der Waals surface area contributed by atoms with Crippen LogP contribution in [0.1, 0.15) is 27.8 Å². The zero-order chi connectivity index (χ0) is 14.5. The minimum absolute atomic E-state index is 0.195. The number of amides is 1. The summed E-state index contributed by atoms with van der Waals surface area (Å²) in [5.74, 6) is -0.317. The normalized spacial score (nSPS) is 11.9. The van der Waals surface area contributed by atoms with Crippen LogP contribution in [0.2, 0.25) is 5.02 Å². The first-order valence-corrected chi connectivity index (χ1v) is 6.59. The molecule has 0 fully saturated rings. The van der Waals surface area contributed by atoms with E-state index in [0.717, 1.165) is 11.3 Å². The molecule has 0 saturated carbocycles. The molecule has 4 nitrogen and oxygen atoms in total. The Kier molecular flexibility index (Phi) is 4.71. The SMILES string of the molecule is Cc1cccc(C(=O)NC(CO)c2ccc(Cl)cc2)n1. The van der Waals surface area contributed by atoms with E-state index in [1.165, 1.54) is 0 Å². The predicted octanol–water partition coefficient (Wildman–Crippen LogP) is 2.51. The quantitative estimate of drug-likeness (QED) is 0.909. The lowest BCUT2D eigenvalue weighted by Gasteiger charge is -2.16. The second kappa shape index (κ2) is 6.50. The highest BCUT2D eigenvalue weighted by Crippen LogP contribution is 2.16. The molecule has 2 N–H and O–H groups in total. The number of rotatable bonds is 4. The van der Waals surface area contributed by atoms with Crippen molar-refractivity contribution in [2.24, 2.45) is 0 Å². The first kappa shape index (κ1) is 14.5. The number of aliphatic hydroxyl groups is 1. The van der Waals surface area contributed by atoms with Gasteiger partial charge in [0.2, 0.25) is 0 Å². The molecule has 5 heteroatoms. The lowest BCUT2D eigenvalue weighted by molar-refractivity contribution is 0.0911. The fourth-order valence-electron chi connectivity index (χ4n) is 1.83. The van der Waals surface area contributed by atoms with Gasteiger partial charge in [0, 0.05) is 10.7 Å². The highest BCUT2D eigenvalue weighted by atomic mass is 35.5. The summed E-state index contributed by atoms with van der Waals surface area (Å²) in [7, 11) is 0. The molecule has 0 saturated heterocycles. The molecular weight excluding hydrogens is 276 g/mol. The summed E-state index contributed by atoms with van der Waals surface area (Å²) in [5.41, 5.74) is 1.89. The van der Waals surface area contributed by atoms with Crippen molar-refractivity contribution in [2.45, 2.75) is 13.0 Å². The molecule has 2 aromatic rings. The molecule has 0 aliphatic rings. The summed E-state index contributed by atoms with van der Waals surface area (Å²) in [6.45, 7) is 1.62. The van der Waals surface area contributed by atoms with E-state index in [2.05, 4.69) is 10.3 Å². The topological polar surface area (TPSA) is 62.2 Å². The van der Waals surface area contributed by atoms with Gasteiger partial charge in [-0.2, -0.15) is 0 Å². The van der Waals surface area contributed by atoms with Crippen LogP contribution in [0.4, 0.5) is 0 Å². The molecule has 0 bridgehead atoms.